The van der Waals surface area contributed by atoms with Crippen LogP contribution in [-0.2, 0) is 0 Å². The molecule has 2 aromatic carbocycles. The predicted octanol–water partition coefficient (Wildman–Crippen LogP) is 4.32. The second-order valence-electron chi connectivity index (χ2n) is 6.24. The highest BCUT2D eigenvalue weighted by atomic mass is 19.1. The summed E-state index contributed by atoms with van der Waals surface area (Å²) in [5.74, 6) is -1.14. The molecule has 0 aromatic heterocycles. The van der Waals surface area contributed by atoms with Crippen molar-refractivity contribution in [3.05, 3.63) is 57.9 Å². The standard InChI is InChI=1S/C19H19FN2O5/c1-26-17-11-14(20)13(10-18(17)27-12-6-2-3-7-12)19(23)21-15-8-4-5-9-16(15)22(24)25/h4-5,8-12H,2-3,6-7H2,1H3,(H,21,23). The minimum absolute atomic E-state index is 0.00418. The molecule has 1 aliphatic carbocycles. The largest absolute Gasteiger partial charge is 0.493 e. The number of nitro groups is 1. The quantitative estimate of drug-likeness (QED) is 0.601. The van der Waals surface area contributed by atoms with Gasteiger partial charge in [-0.1, -0.05) is 12.1 Å². The van der Waals surface area contributed by atoms with Gasteiger partial charge in [-0.25, -0.2) is 4.39 Å². The summed E-state index contributed by atoms with van der Waals surface area (Å²) >= 11 is 0. The van der Waals surface area contributed by atoms with Crippen LogP contribution in [-0.4, -0.2) is 24.0 Å². The van der Waals surface area contributed by atoms with Crippen molar-refractivity contribution in [3.63, 3.8) is 0 Å². The van der Waals surface area contributed by atoms with E-state index in [0.29, 0.717) is 0 Å². The maximum Gasteiger partial charge on any atom is 0.292 e. The van der Waals surface area contributed by atoms with E-state index in [0.717, 1.165) is 31.7 Å². The van der Waals surface area contributed by atoms with Gasteiger partial charge in [0.05, 0.1) is 23.7 Å². The second kappa shape index (κ2) is 8.03. The van der Waals surface area contributed by atoms with Crippen LogP contribution < -0.4 is 14.8 Å². The molecule has 1 fully saturated rings. The van der Waals surface area contributed by atoms with Crippen molar-refractivity contribution in [1.82, 2.24) is 0 Å². The molecule has 1 saturated carbocycles. The number of nitrogens with one attached hydrogen (secondary N) is 1. The first-order chi connectivity index (χ1) is 13.0. The summed E-state index contributed by atoms with van der Waals surface area (Å²) < 4.78 is 25.4. The molecule has 0 saturated heterocycles. The van der Waals surface area contributed by atoms with E-state index in [2.05, 4.69) is 5.32 Å². The van der Waals surface area contributed by atoms with Crippen LogP contribution in [0.5, 0.6) is 11.5 Å². The number of hydrogen-bond acceptors (Lipinski definition) is 5. The number of anilines is 1. The lowest BCUT2D eigenvalue weighted by Crippen LogP contribution is -2.17. The summed E-state index contributed by atoms with van der Waals surface area (Å²) in [5, 5.41) is 13.5. The van der Waals surface area contributed by atoms with Gasteiger partial charge in [-0.3, -0.25) is 14.9 Å². The van der Waals surface area contributed by atoms with Gasteiger partial charge < -0.3 is 14.8 Å². The van der Waals surface area contributed by atoms with E-state index in [9.17, 15) is 19.3 Å². The Balaban J connectivity index is 1.89. The Kier molecular flexibility index (Phi) is 5.54. The lowest BCUT2D eigenvalue weighted by atomic mass is 10.1. The molecule has 142 valence electrons. The smallest absolute Gasteiger partial charge is 0.292 e. The molecule has 0 bridgehead atoms. The predicted molar refractivity (Wildman–Crippen MR) is 96.9 cm³/mol. The summed E-state index contributed by atoms with van der Waals surface area (Å²) in [6.45, 7) is 0. The van der Waals surface area contributed by atoms with Gasteiger partial charge in [0.15, 0.2) is 11.5 Å². The molecular formula is C19H19FN2O5. The van der Waals surface area contributed by atoms with E-state index < -0.39 is 16.6 Å². The van der Waals surface area contributed by atoms with E-state index in [1.54, 1.807) is 6.07 Å². The van der Waals surface area contributed by atoms with Crippen LogP contribution in [0.1, 0.15) is 36.0 Å². The van der Waals surface area contributed by atoms with Gasteiger partial charge in [-0.15, -0.1) is 0 Å². The first-order valence-electron chi connectivity index (χ1n) is 8.58. The number of nitro benzene ring substituents is 1. The monoisotopic (exact) mass is 374 g/mol. The zero-order chi connectivity index (χ0) is 19.4. The second-order valence-corrected chi connectivity index (χ2v) is 6.24. The Morgan fingerprint density at radius 3 is 2.59 bits per heavy atom. The number of ether oxygens (including phenoxy) is 2. The van der Waals surface area contributed by atoms with Crippen LogP contribution in [0.3, 0.4) is 0 Å². The van der Waals surface area contributed by atoms with Gasteiger partial charge in [0.1, 0.15) is 11.5 Å². The Morgan fingerprint density at radius 1 is 1.22 bits per heavy atom. The Hall–Kier alpha value is -3.16. The number of rotatable bonds is 6. The van der Waals surface area contributed by atoms with Crippen molar-refractivity contribution in [2.45, 2.75) is 31.8 Å². The van der Waals surface area contributed by atoms with Crippen LogP contribution in [0.2, 0.25) is 0 Å². The third kappa shape index (κ3) is 4.16. The molecule has 0 atom stereocenters. The molecule has 7 nitrogen and oxygen atoms in total. The van der Waals surface area contributed by atoms with Crippen LogP contribution in [0, 0.1) is 15.9 Å². The number of carbonyl (C=O) groups is 1. The molecule has 2 aromatic rings. The molecule has 8 heteroatoms. The van der Waals surface area contributed by atoms with Gasteiger partial charge >= 0.3 is 0 Å². The molecule has 1 amide bonds. The van der Waals surface area contributed by atoms with Gasteiger partial charge in [-0.2, -0.15) is 0 Å². The summed E-state index contributed by atoms with van der Waals surface area (Å²) in [6, 6.07) is 8.02. The molecule has 0 unspecified atom stereocenters. The minimum atomic E-state index is -0.805. The molecule has 0 radical (unpaired) electrons. The van der Waals surface area contributed by atoms with Gasteiger partial charge in [0, 0.05) is 12.1 Å². The molecule has 0 heterocycles. The maximum absolute atomic E-state index is 14.4. The minimum Gasteiger partial charge on any atom is -0.493 e. The van der Waals surface area contributed by atoms with Crippen molar-refractivity contribution in [1.29, 1.82) is 0 Å². The first-order valence-corrected chi connectivity index (χ1v) is 8.58. The molecule has 1 N–H and O–H groups in total. The molecule has 3 rings (SSSR count). The summed E-state index contributed by atoms with van der Waals surface area (Å²) in [4.78, 5) is 23.0. The van der Waals surface area contributed by atoms with Crippen LogP contribution >= 0.6 is 0 Å². The van der Waals surface area contributed by atoms with Crippen molar-refractivity contribution < 1.29 is 23.6 Å². The number of amides is 1. The van der Waals surface area contributed by atoms with E-state index in [1.807, 2.05) is 0 Å². The highest BCUT2D eigenvalue weighted by Gasteiger charge is 2.23. The zero-order valence-electron chi connectivity index (χ0n) is 14.7. The number of carbonyl (C=O) groups excluding carboxylic acids is 1. The number of halogens is 1. The summed E-state index contributed by atoms with van der Waals surface area (Å²) in [7, 11) is 1.39. The van der Waals surface area contributed by atoms with Crippen molar-refractivity contribution in [2.75, 3.05) is 12.4 Å². The van der Waals surface area contributed by atoms with Gasteiger partial charge in [0.2, 0.25) is 0 Å². The number of methoxy groups -OCH3 is 1. The average molecular weight is 374 g/mol. The third-order valence-corrected chi connectivity index (χ3v) is 4.44. The van der Waals surface area contributed by atoms with Crippen molar-refractivity contribution in [2.24, 2.45) is 0 Å². The first kappa shape index (κ1) is 18.6. The number of benzene rings is 2. The number of hydrogen-bond donors (Lipinski definition) is 1. The number of para-hydroxylation sites is 2. The van der Waals surface area contributed by atoms with Gasteiger partial charge in [0.25, 0.3) is 11.6 Å². The van der Waals surface area contributed by atoms with Crippen molar-refractivity contribution >= 4 is 17.3 Å². The lowest BCUT2D eigenvalue weighted by Gasteiger charge is -2.17. The Morgan fingerprint density at radius 2 is 1.93 bits per heavy atom. The lowest BCUT2D eigenvalue weighted by molar-refractivity contribution is -0.383. The molecule has 1 aliphatic rings. The number of nitrogens with zero attached hydrogens (tertiary/aromatic N) is 1. The van der Waals surface area contributed by atoms with E-state index in [-0.39, 0.29) is 34.5 Å². The fourth-order valence-corrected chi connectivity index (χ4v) is 3.07. The SMILES string of the molecule is COc1cc(F)c(C(=O)Nc2ccccc2[N+](=O)[O-])cc1OC1CCCC1. The summed E-state index contributed by atoms with van der Waals surface area (Å²) in [5.41, 5.74) is -0.565. The Labute approximate surface area is 155 Å². The zero-order valence-corrected chi connectivity index (χ0v) is 14.7. The summed E-state index contributed by atoms with van der Waals surface area (Å²) in [6.07, 6.45) is 3.88. The highest BCUT2D eigenvalue weighted by Crippen LogP contribution is 2.34. The van der Waals surface area contributed by atoms with Gasteiger partial charge in [-0.05, 0) is 37.8 Å². The van der Waals surface area contributed by atoms with E-state index >= 15 is 0 Å². The van der Waals surface area contributed by atoms with Crippen LogP contribution in [0.25, 0.3) is 0 Å². The average Bonchev–Trinajstić information content (AvgIpc) is 3.16. The Bertz CT molecular complexity index is 865. The molecule has 0 aliphatic heterocycles. The highest BCUT2D eigenvalue weighted by molar-refractivity contribution is 6.06. The molecule has 27 heavy (non-hydrogen) atoms. The van der Waals surface area contributed by atoms with Crippen LogP contribution in [0.4, 0.5) is 15.8 Å². The maximum atomic E-state index is 14.4. The van der Waals surface area contributed by atoms with E-state index in [1.165, 1.54) is 31.4 Å². The van der Waals surface area contributed by atoms with E-state index in [4.69, 9.17) is 9.47 Å². The van der Waals surface area contributed by atoms with Crippen LogP contribution in [0.15, 0.2) is 36.4 Å². The fourth-order valence-electron chi connectivity index (χ4n) is 3.07. The fraction of sp³-hybridized carbons (Fsp3) is 0.316. The third-order valence-electron chi connectivity index (χ3n) is 4.44. The molecular weight excluding hydrogens is 355 g/mol. The normalized spacial score (nSPS) is 14.0. The molecule has 0 spiro atoms. The topological polar surface area (TPSA) is 90.7 Å². The van der Waals surface area contributed by atoms with Crippen molar-refractivity contribution in [3.8, 4) is 11.5 Å².